The molecule has 1 saturated carbocycles. The molecule has 1 aliphatic carbocycles. The van der Waals surface area contributed by atoms with Crippen LogP contribution in [0.25, 0.3) is 0 Å². The van der Waals surface area contributed by atoms with Crippen molar-refractivity contribution < 1.29 is 0 Å². The zero-order valence-electron chi connectivity index (χ0n) is 11.4. The largest absolute Gasteiger partial charge is 0.0625 e. The molecule has 0 N–H and O–H groups in total. The lowest BCUT2D eigenvalue weighted by Gasteiger charge is -2.26. The molecule has 0 nitrogen and oxygen atoms in total. The second kappa shape index (κ2) is 6.23. The van der Waals surface area contributed by atoms with E-state index in [1.807, 2.05) is 0 Å². The monoisotopic (exact) mass is 230 g/mol. The fourth-order valence-corrected chi connectivity index (χ4v) is 3.09. The highest BCUT2D eigenvalue weighted by molar-refractivity contribution is 5.25. The second-order valence-corrected chi connectivity index (χ2v) is 5.94. The Morgan fingerprint density at radius 1 is 1.06 bits per heavy atom. The summed E-state index contributed by atoms with van der Waals surface area (Å²) >= 11 is 0. The van der Waals surface area contributed by atoms with Crippen molar-refractivity contribution in [2.45, 2.75) is 58.8 Å². The van der Waals surface area contributed by atoms with Crippen LogP contribution in [0.2, 0.25) is 0 Å². The molecule has 0 atom stereocenters. The van der Waals surface area contributed by atoms with E-state index in [1.165, 1.54) is 50.5 Å². The first-order valence-electron chi connectivity index (χ1n) is 7.30. The van der Waals surface area contributed by atoms with Gasteiger partial charge in [-0.25, -0.2) is 0 Å². The average Bonchev–Trinajstić information content (AvgIpc) is 2.34. The van der Waals surface area contributed by atoms with E-state index in [0.29, 0.717) is 0 Å². The molecule has 0 radical (unpaired) electrons. The zero-order chi connectivity index (χ0) is 12.1. The molecule has 0 saturated heterocycles. The van der Waals surface area contributed by atoms with Crippen LogP contribution in [0.5, 0.6) is 0 Å². The first-order valence-corrected chi connectivity index (χ1v) is 7.30. The van der Waals surface area contributed by atoms with Gasteiger partial charge in [0, 0.05) is 0 Å². The van der Waals surface area contributed by atoms with Crippen molar-refractivity contribution in [3.05, 3.63) is 35.4 Å². The maximum Gasteiger partial charge on any atom is -0.0276 e. The summed E-state index contributed by atoms with van der Waals surface area (Å²) < 4.78 is 0. The first kappa shape index (κ1) is 12.7. The molecular formula is C17H26. The highest BCUT2D eigenvalue weighted by Gasteiger charge is 2.17. The number of hydrogen-bond donors (Lipinski definition) is 0. The summed E-state index contributed by atoms with van der Waals surface area (Å²) in [4.78, 5) is 0. The number of rotatable bonds is 4. The minimum Gasteiger partial charge on any atom is -0.0625 e. The molecule has 0 amide bonds. The van der Waals surface area contributed by atoms with Crippen LogP contribution in [0.1, 0.15) is 56.6 Å². The Morgan fingerprint density at radius 3 is 2.47 bits per heavy atom. The van der Waals surface area contributed by atoms with Crippen molar-refractivity contribution in [3.63, 3.8) is 0 Å². The minimum atomic E-state index is 0.989. The van der Waals surface area contributed by atoms with Crippen LogP contribution < -0.4 is 0 Å². The van der Waals surface area contributed by atoms with Crippen molar-refractivity contribution in [3.8, 4) is 0 Å². The summed E-state index contributed by atoms with van der Waals surface area (Å²) in [6.07, 6.45) is 10.00. The van der Waals surface area contributed by atoms with E-state index in [2.05, 4.69) is 38.1 Å². The molecule has 0 aromatic heterocycles. The molecule has 2 rings (SSSR count). The van der Waals surface area contributed by atoms with Crippen LogP contribution >= 0.6 is 0 Å². The van der Waals surface area contributed by atoms with Crippen molar-refractivity contribution in [2.75, 3.05) is 0 Å². The predicted molar refractivity (Wildman–Crippen MR) is 75.2 cm³/mol. The lowest BCUT2D eigenvalue weighted by molar-refractivity contribution is 0.273. The van der Waals surface area contributed by atoms with Gasteiger partial charge in [-0.3, -0.25) is 0 Å². The van der Waals surface area contributed by atoms with Crippen molar-refractivity contribution in [1.82, 2.24) is 0 Å². The zero-order valence-corrected chi connectivity index (χ0v) is 11.4. The van der Waals surface area contributed by atoms with Crippen molar-refractivity contribution >= 4 is 0 Å². The van der Waals surface area contributed by atoms with Crippen molar-refractivity contribution in [2.24, 2.45) is 11.8 Å². The maximum atomic E-state index is 2.41. The Balaban J connectivity index is 1.71. The smallest absolute Gasteiger partial charge is 0.0276 e. The summed E-state index contributed by atoms with van der Waals surface area (Å²) in [5.41, 5.74) is 3.02. The van der Waals surface area contributed by atoms with E-state index in [9.17, 15) is 0 Å². The van der Waals surface area contributed by atoms with Gasteiger partial charge in [0.1, 0.15) is 0 Å². The van der Waals surface area contributed by atoms with Gasteiger partial charge in [0.05, 0.1) is 0 Å². The third-order valence-electron chi connectivity index (χ3n) is 4.46. The third kappa shape index (κ3) is 3.87. The van der Waals surface area contributed by atoms with E-state index < -0.39 is 0 Å². The average molecular weight is 230 g/mol. The van der Waals surface area contributed by atoms with Crippen LogP contribution in [0.3, 0.4) is 0 Å². The number of aryl methyl sites for hydroxylation is 2. The van der Waals surface area contributed by atoms with Gasteiger partial charge >= 0.3 is 0 Å². The Hall–Kier alpha value is -0.780. The molecule has 0 heteroatoms. The van der Waals surface area contributed by atoms with Gasteiger partial charge in [-0.05, 0) is 42.7 Å². The minimum absolute atomic E-state index is 0.989. The van der Waals surface area contributed by atoms with Crippen LogP contribution in [0.15, 0.2) is 24.3 Å². The summed E-state index contributed by atoms with van der Waals surface area (Å²) in [6.45, 7) is 4.64. The van der Waals surface area contributed by atoms with E-state index in [0.717, 1.165) is 11.8 Å². The molecule has 17 heavy (non-hydrogen) atoms. The fraction of sp³-hybridized carbons (Fsp3) is 0.647. The Morgan fingerprint density at radius 2 is 1.76 bits per heavy atom. The summed E-state index contributed by atoms with van der Waals surface area (Å²) in [6, 6.07) is 8.84. The highest BCUT2D eigenvalue weighted by atomic mass is 14.2. The summed E-state index contributed by atoms with van der Waals surface area (Å²) in [7, 11) is 0. The van der Waals surface area contributed by atoms with Gasteiger partial charge in [0.15, 0.2) is 0 Å². The lowest BCUT2D eigenvalue weighted by atomic mass is 9.80. The topological polar surface area (TPSA) is 0 Å². The maximum absolute atomic E-state index is 2.41. The normalized spacial score (nSPS) is 24.8. The molecule has 0 aliphatic heterocycles. The molecule has 1 aliphatic rings. The third-order valence-corrected chi connectivity index (χ3v) is 4.46. The Labute approximate surface area is 106 Å². The van der Waals surface area contributed by atoms with Gasteiger partial charge in [-0.1, -0.05) is 63.3 Å². The number of hydrogen-bond acceptors (Lipinski definition) is 0. The highest BCUT2D eigenvalue weighted by Crippen LogP contribution is 2.31. The molecule has 0 spiro atoms. The molecule has 0 unspecified atom stereocenters. The molecule has 94 valence electrons. The standard InChI is InChI=1S/C17H26/c1-14-10-12-16(13-11-14)7-5-9-17-8-4-3-6-15(17)2/h3-4,6,8,14,16H,5,7,9-13H2,1-2H3. The fourth-order valence-electron chi connectivity index (χ4n) is 3.09. The van der Waals surface area contributed by atoms with Crippen LogP contribution in [0.4, 0.5) is 0 Å². The number of benzene rings is 1. The van der Waals surface area contributed by atoms with E-state index in [4.69, 9.17) is 0 Å². The van der Waals surface area contributed by atoms with Crippen LogP contribution in [-0.2, 0) is 6.42 Å². The molecule has 1 fully saturated rings. The lowest BCUT2D eigenvalue weighted by Crippen LogP contribution is -2.12. The predicted octanol–water partition coefficient (Wildman–Crippen LogP) is 5.14. The summed E-state index contributed by atoms with van der Waals surface area (Å²) in [5.74, 6) is 2.01. The quantitative estimate of drug-likeness (QED) is 0.671. The molecule has 1 aromatic rings. The Bertz CT molecular complexity index is 332. The van der Waals surface area contributed by atoms with Crippen LogP contribution in [-0.4, -0.2) is 0 Å². The molecule has 1 aromatic carbocycles. The second-order valence-electron chi connectivity index (χ2n) is 5.94. The van der Waals surface area contributed by atoms with E-state index in [1.54, 1.807) is 5.56 Å². The Kier molecular flexibility index (Phi) is 4.65. The SMILES string of the molecule is Cc1ccccc1CCCC1CCC(C)CC1. The van der Waals surface area contributed by atoms with Gasteiger partial charge in [0.25, 0.3) is 0 Å². The summed E-state index contributed by atoms with van der Waals surface area (Å²) in [5, 5.41) is 0. The van der Waals surface area contributed by atoms with Gasteiger partial charge < -0.3 is 0 Å². The molecular weight excluding hydrogens is 204 g/mol. The van der Waals surface area contributed by atoms with Gasteiger partial charge in [0.2, 0.25) is 0 Å². The van der Waals surface area contributed by atoms with Crippen molar-refractivity contribution in [1.29, 1.82) is 0 Å². The van der Waals surface area contributed by atoms with Gasteiger partial charge in [-0.15, -0.1) is 0 Å². The van der Waals surface area contributed by atoms with Crippen LogP contribution in [0, 0.1) is 18.8 Å². The van der Waals surface area contributed by atoms with E-state index >= 15 is 0 Å². The molecule has 0 heterocycles. The first-order chi connectivity index (χ1) is 8.25. The molecule has 0 bridgehead atoms. The van der Waals surface area contributed by atoms with E-state index in [-0.39, 0.29) is 0 Å². The van der Waals surface area contributed by atoms with Gasteiger partial charge in [-0.2, -0.15) is 0 Å².